The second-order valence-electron chi connectivity index (χ2n) is 4.17. The summed E-state index contributed by atoms with van der Waals surface area (Å²) in [6, 6.07) is 12.6. The van der Waals surface area contributed by atoms with Crippen LogP contribution in [0.3, 0.4) is 0 Å². The van der Waals surface area contributed by atoms with Crippen molar-refractivity contribution in [3.63, 3.8) is 0 Å². The second-order valence-corrected chi connectivity index (χ2v) is 4.17. The van der Waals surface area contributed by atoms with E-state index in [0.29, 0.717) is 16.8 Å². The van der Waals surface area contributed by atoms with Gasteiger partial charge >= 0.3 is 0 Å². The molecule has 0 aliphatic heterocycles. The lowest BCUT2D eigenvalue weighted by Gasteiger charge is -1.97. The molecule has 0 aromatic heterocycles. The van der Waals surface area contributed by atoms with Crippen LogP contribution in [-0.4, -0.2) is 10.7 Å². The molecule has 0 saturated heterocycles. The van der Waals surface area contributed by atoms with Crippen molar-refractivity contribution in [1.29, 1.82) is 0 Å². The van der Waals surface area contributed by atoms with Crippen molar-refractivity contribution in [3.8, 4) is 0 Å². The molecule has 0 unspecified atom stereocenters. The van der Waals surface area contributed by atoms with E-state index in [4.69, 9.17) is 5.73 Å². The third kappa shape index (κ3) is 3.29. The van der Waals surface area contributed by atoms with Crippen LogP contribution < -0.4 is 5.73 Å². The number of allylic oxidation sites excluding steroid dienone is 1. The first-order valence-electron chi connectivity index (χ1n) is 5.88. The maximum absolute atomic E-state index is 11.9. The van der Waals surface area contributed by atoms with Crippen LogP contribution in [0, 0.1) is 10.1 Å². The molecule has 5 nitrogen and oxygen atoms in total. The van der Waals surface area contributed by atoms with Crippen molar-refractivity contribution in [1.82, 2.24) is 0 Å². The summed E-state index contributed by atoms with van der Waals surface area (Å²) in [7, 11) is 0. The molecule has 0 amide bonds. The summed E-state index contributed by atoms with van der Waals surface area (Å²) in [4.78, 5) is 22.1. The van der Waals surface area contributed by atoms with Crippen molar-refractivity contribution in [3.05, 3.63) is 75.8 Å². The van der Waals surface area contributed by atoms with Crippen LogP contribution in [0.15, 0.2) is 54.6 Å². The van der Waals surface area contributed by atoms with Crippen LogP contribution >= 0.6 is 0 Å². The van der Waals surface area contributed by atoms with Gasteiger partial charge in [-0.25, -0.2) is 0 Å². The van der Waals surface area contributed by atoms with Gasteiger partial charge in [0, 0.05) is 23.4 Å². The number of nitrogen functional groups attached to an aromatic ring is 1. The molecule has 0 bridgehead atoms. The van der Waals surface area contributed by atoms with Crippen LogP contribution in [0.5, 0.6) is 0 Å². The van der Waals surface area contributed by atoms with Gasteiger partial charge in [0.15, 0.2) is 5.78 Å². The summed E-state index contributed by atoms with van der Waals surface area (Å²) in [6.45, 7) is 0. The first kappa shape index (κ1) is 13.5. The number of carbonyl (C=O) groups is 1. The first-order valence-corrected chi connectivity index (χ1v) is 5.88. The SMILES string of the molecule is Nc1ccc(C(=O)/C=C/c2cccc([N+](=O)[O-])c2)cc1. The van der Waals surface area contributed by atoms with E-state index in [9.17, 15) is 14.9 Å². The van der Waals surface area contributed by atoms with E-state index < -0.39 is 4.92 Å². The fraction of sp³-hybridized carbons (Fsp3) is 0. The number of nitrogens with zero attached hydrogens (tertiary/aromatic N) is 1. The molecule has 100 valence electrons. The standard InChI is InChI=1S/C15H12N2O3/c16-13-7-5-12(6-8-13)15(18)9-4-11-2-1-3-14(10-11)17(19)20/h1-10H,16H2/b9-4+. The third-order valence-corrected chi connectivity index (χ3v) is 2.70. The van der Waals surface area contributed by atoms with Crippen LogP contribution in [0.1, 0.15) is 15.9 Å². The van der Waals surface area contributed by atoms with Gasteiger partial charge < -0.3 is 5.73 Å². The summed E-state index contributed by atoms with van der Waals surface area (Å²) in [6.07, 6.45) is 2.93. The summed E-state index contributed by atoms with van der Waals surface area (Å²) in [5.41, 5.74) is 7.24. The summed E-state index contributed by atoms with van der Waals surface area (Å²) in [5, 5.41) is 10.6. The molecule has 0 atom stereocenters. The predicted molar refractivity (Wildman–Crippen MR) is 77.3 cm³/mol. The largest absolute Gasteiger partial charge is 0.399 e. The number of rotatable bonds is 4. The van der Waals surface area contributed by atoms with E-state index in [2.05, 4.69) is 0 Å². The number of nitro groups is 1. The predicted octanol–water partition coefficient (Wildman–Crippen LogP) is 3.07. The summed E-state index contributed by atoms with van der Waals surface area (Å²) in [5.74, 6) is -0.184. The van der Waals surface area contributed by atoms with E-state index in [-0.39, 0.29) is 11.5 Å². The van der Waals surface area contributed by atoms with Crippen molar-refractivity contribution in [2.24, 2.45) is 0 Å². The second kappa shape index (κ2) is 5.79. The highest BCUT2D eigenvalue weighted by Gasteiger charge is 2.05. The van der Waals surface area contributed by atoms with Gasteiger partial charge in [0.05, 0.1) is 4.92 Å². The van der Waals surface area contributed by atoms with Crippen LogP contribution in [-0.2, 0) is 0 Å². The van der Waals surface area contributed by atoms with Crippen molar-refractivity contribution >= 4 is 23.2 Å². The number of ketones is 1. The quantitative estimate of drug-likeness (QED) is 0.303. The average molecular weight is 268 g/mol. The number of non-ortho nitro benzene ring substituents is 1. The molecule has 0 radical (unpaired) electrons. The number of nitrogens with two attached hydrogens (primary N) is 1. The average Bonchev–Trinajstić information content (AvgIpc) is 2.46. The van der Waals surface area contributed by atoms with Gasteiger partial charge in [0.25, 0.3) is 5.69 Å². The first-order chi connectivity index (χ1) is 9.56. The Bertz CT molecular complexity index is 676. The number of hydrogen-bond acceptors (Lipinski definition) is 4. The molecule has 5 heteroatoms. The summed E-state index contributed by atoms with van der Waals surface area (Å²) >= 11 is 0. The smallest absolute Gasteiger partial charge is 0.270 e. The van der Waals surface area contributed by atoms with Gasteiger partial charge in [0.2, 0.25) is 0 Å². The molecule has 0 aliphatic carbocycles. The highest BCUT2D eigenvalue weighted by molar-refractivity contribution is 6.06. The maximum Gasteiger partial charge on any atom is 0.270 e. The van der Waals surface area contributed by atoms with Gasteiger partial charge in [-0.1, -0.05) is 18.2 Å². The minimum Gasteiger partial charge on any atom is -0.399 e. The van der Waals surface area contributed by atoms with Crippen LogP contribution in [0.2, 0.25) is 0 Å². The zero-order valence-corrected chi connectivity index (χ0v) is 10.5. The lowest BCUT2D eigenvalue weighted by Crippen LogP contribution is -1.94. The fourth-order valence-corrected chi connectivity index (χ4v) is 1.66. The Morgan fingerprint density at radius 3 is 2.50 bits per heavy atom. The molecule has 0 heterocycles. The maximum atomic E-state index is 11.9. The molecule has 0 fully saturated rings. The Morgan fingerprint density at radius 1 is 1.15 bits per heavy atom. The van der Waals surface area contributed by atoms with E-state index >= 15 is 0 Å². The monoisotopic (exact) mass is 268 g/mol. The van der Waals surface area contributed by atoms with Crippen molar-refractivity contribution < 1.29 is 9.72 Å². The number of carbonyl (C=O) groups excluding carboxylic acids is 1. The molecular weight excluding hydrogens is 256 g/mol. The lowest BCUT2D eigenvalue weighted by molar-refractivity contribution is -0.384. The molecule has 2 N–H and O–H groups in total. The lowest BCUT2D eigenvalue weighted by atomic mass is 10.1. The Morgan fingerprint density at radius 2 is 1.85 bits per heavy atom. The fourth-order valence-electron chi connectivity index (χ4n) is 1.66. The molecule has 20 heavy (non-hydrogen) atoms. The molecule has 2 aromatic rings. The zero-order valence-electron chi connectivity index (χ0n) is 10.5. The Hall–Kier alpha value is -2.95. The van der Waals surface area contributed by atoms with Gasteiger partial charge in [-0.05, 0) is 35.9 Å². The normalized spacial score (nSPS) is 10.6. The zero-order chi connectivity index (χ0) is 14.5. The topological polar surface area (TPSA) is 86.2 Å². The molecule has 2 aromatic carbocycles. The third-order valence-electron chi connectivity index (χ3n) is 2.70. The number of anilines is 1. The van der Waals surface area contributed by atoms with E-state index in [1.807, 2.05) is 0 Å². The Kier molecular flexibility index (Phi) is 3.91. The van der Waals surface area contributed by atoms with Gasteiger partial charge in [0.1, 0.15) is 0 Å². The molecule has 0 spiro atoms. The van der Waals surface area contributed by atoms with E-state index in [1.54, 1.807) is 42.5 Å². The minimum absolute atomic E-state index is 0.00733. The summed E-state index contributed by atoms with van der Waals surface area (Å²) < 4.78 is 0. The van der Waals surface area contributed by atoms with E-state index in [0.717, 1.165) is 0 Å². The number of hydrogen-bond donors (Lipinski definition) is 1. The van der Waals surface area contributed by atoms with Crippen molar-refractivity contribution in [2.45, 2.75) is 0 Å². The Balaban J connectivity index is 2.16. The molecule has 2 rings (SSSR count). The van der Waals surface area contributed by atoms with Crippen LogP contribution in [0.25, 0.3) is 6.08 Å². The van der Waals surface area contributed by atoms with Gasteiger partial charge in [-0.3, -0.25) is 14.9 Å². The highest BCUT2D eigenvalue weighted by Crippen LogP contribution is 2.15. The van der Waals surface area contributed by atoms with Gasteiger partial charge in [-0.15, -0.1) is 0 Å². The van der Waals surface area contributed by atoms with E-state index in [1.165, 1.54) is 18.2 Å². The van der Waals surface area contributed by atoms with Crippen LogP contribution in [0.4, 0.5) is 11.4 Å². The highest BCUT2D eigenvalue weighted by atomic mass is 16.6. The molecule has 0 aliphatic rings. The minimum atomic E-state index is -0.473. The Labute approximate surface area is 115 Å². The molecular formula is C15H12N2O3. The molecule has 0 saturated carbocycles. The van der Waals surface area contributed by atoms with Crippen molar-refractivity contribution in [2.75, 3.05) is 5.73 Å². The number of nitro benzene ring substituents is 1. The van der Waals surface area contributed by atoms with Gasteiger partial charge in [-0.2, -0.15) is 0 Å². The number of benzene rings is 2.